The Hall–Kier alpha value is -1.22. The van der Waals surface area contributed by atoms with Crippen molar-refractivity contribution in [3.05, 3.63) is 28.3 Å². The molecule has 4 heteroatoms. The Morgan fingerprint density at radius 2 is 1.94 bits per heavy atom. The number of phenols is 1. The quantitative estimate of drug-likeness (QED) is 0.852. The van der Waals surface area contributed by atoms with E-state index < -0.39 is 11.4 Å². The van der Waals surface area contributed by atoms with Crippen molar-refractivity contribution in [1.82, 2.24) is 0 Å². The SMILES string of the molecule is Cc1ccc(C2(C(=O)O)CCCC2)c(O)c1Cl. The Morgan fingerprint density at radius 1 is 1.35 bits per heavy atom. The first kappa shape index (κ1) is 12.2. The summed E-state index contributed by atoms with van der Waals surface area (Å²) in [5.74, 6) is -0.943. The fraction of sp³-hybridized carbons (Fsp3) is 0.462. The van der Waals surface area contributed by atoms with Gasteiger partial charge in [-0.05, 0) is 25.3 Å². The predicted octanol–water partition coefficient (Wildman–Crippen LogP) is 3.25. The molecule has 0 radical (unpaired) electrons. The molecule has 1 fully saturated rings. The highest BCUT2D eigenvalue weighted by Gasteiger charge is 2.45. The third-order valence-corrected chi connectivity index (χ3v) is 4.17. The van der Waals surface area contributed by atoms with Gasteiger partial charge in [0.05, 0.1) is 10.4 Å². The first-order valence-corrected chi connectivity index (χ1v) is 6.09. The van der Waals surface area contributed by atoms with Crippen molar-refractivity contribution in [2.75, 3.05) is 0 Å². The number of benzene rings is 1. The van der Waals surface area contributed by atoms with Crippen molar-refractivity contribution in [1.29, 1.82) is 0 Å². The van der Waals surface area contributed by atoms with Crippen LogP contribution < -0.4 is 0 Å². The van der Waals surface area contributed by atoms with Gasteiger partial charge in [0, 0.05) is 5.56 Å². The lowest BCUT2D eigenvalue weighted by atomic mass is 9.78. The summed E-state index contributed by atoms with van der Waals surface area (Å²) < 4.78 is 0. The lowest BCUT2D eigenvalue weighted by Crippen LogP contribution is -2.32. The summed E-state index contributed by atoms with van der Waals surface area (Å²) in [6.07, 6.45) is 2.87. The predicted molar refractivity (Wildman–Crippen MR) is 65.6 cm³/mol. The van der Waals surface area contributed by atoms with Gasteiger partial charge in [0.15, 0.2) is 0 Å². The number of carbonyl (C=O) groups is 1. The topological polar surface area (TPSA) is 57.5 Å². The third kappa shape index (κ3) is 1.78. The van der Waals surface area contributed by atoms with Gasteiger partial charge in [0.1, 0.15) is 5.75 Å². The number of hydrogen-bond donors (Lipinski definition) is 2. The molecule has 0 atom stereocenters. The third-order valence-electron chi connectivity index (χ3n) is 3.69. The van der Waals surface area contributed by atoms with E-state index in [0.717, 1.165) is 18.4 Å². The number of carboxylic acids is 1. The molecule has 1 aromatic rings. The van der Waals surface area contributed by atoms with E-state index in [1.54, 1.807) is 19.1 Å². The highest BCUT2D eigenvalue weighted by atomic mass is 35.5. The van der Waals surface area contributed by atoms with Gasteiger partial charge in [-0.3, -0.25) is 4.79 Å². The molecule has 3 nitrogen and oxygen atoms in total. The average Bonchev–Trinajstić information content (AvgIpc) is 2.76. The minimum absolute atomic E-state index is 0.0732. The molecule has 0 saturated heterocycles. The molecular weight excluding hydrogens is 240 g/mol. The Balaban J connectivity index is 2.59. The van der Waals surface area contributed by atoms with Crippen LogP contribution in [0.2, 0.25) is 5.02 Å². The Morgan fingerprint density at radius 3 is 2.47 bits per heavy atom. The van der Waals surface area contributed by atoms with Crippen LogP contribution in [-0.2, 0) is 10.2 Å². The highest BCUT2D eigenvalue weighted by Crippen LogP contribution is 2.47. The molecule has 2 N–H and O–H groups in total. The van der Waals surface area contributed by atoms with Gasteiger partial charge in [0.2, 0.25) is 0 Å². The minimum atomic E-state index is -0.957. The zero-order valence-electron chi connectivity index (χ0n) is 9.66. The molecule has 2 rings (SSSR count). The monoisotopic (exact) mass is 254 g/mol. The van der Waals surface area contributed by atoms with Crippen molar-refractivity contribution in [2.24, 2.45) is 0 Å². The van der Waals surface area contributed by atoms with E-state index in [-0.39, 0.29) is 10.8 Å². The Labute approximate surface area is 105 Å². The molecule has 0 heterocycles. The number of aliphatic carboxylic acids is 1. The summed E-state index contributed by atoms with van der Waals surface area (Å²) in [7, 11) is 0. The van der Waals surface area contributed by atoms with E-state index in [1.165, 1.54) is 0 Å². The van der Waals surface area contributed by atoms with Gasteiger partial charge < -0.3 is 10.2 Å². The summed E-state index contributed by atoms with van der Waals surface area (Å²) in [4.78, 5) is 11.5. The molecule has 17 heavy (non-hydrogen) atoms. The summed E-state index contributed by atoms with van der Waals surface area (Å²) in [6.45, 7) is 1.79. The van der Waals surface area contributed by atoms with Crippen molar-refractivity contribution in [3.8, 4) is 5.75 Å². The lowest BCUT2D eigenvalue weighted by Gasteiger charge is -2.25. The summed E-state index contributed by atoms with van der Waals surface area (Å²) in [5.41, 5.74) is 0.256. The zero-order valence-corrected chi connectivity index (χ0v) is 10.4. The van der Waals surface area contributed by atoms with Gasteiger partial charge in [0.25, 0.3) is 0 Å². The normalized spacial score (nSPS) is 18.2. The number of carboxylic acid groups (broad SMARTS) is 1. The van der Waals surface area contributed by atoms with Crippen LogP contribution in [-0.4, -0.2) is 16.2 Å². The first-order valence-electron chi connectivity index (χ1n) is 5.71. The molecule has 0 amide bonds. The van der Waals surface area contributed by atoms with Crippen molar-refractivity contribution in [3.63, 3.8) is 0 Å². The Kier molecular flexibility index (Phi) is 3.04. The van der Waals surface area contributed by atoms with Gasteiger partial charge in [-0.15, -0.1) is 0 Å². The van der Waals surface area contributed by atoms with Crippen LogP contribution in [0.25, 0.3) is 0 Å². The average molecular weight is 255 g/mol. The van der Waals surface area contributed by atoms with E-state index in [0.29, 0.717) is 18.4 Å². The molecule has 1 aromatic carbocycles. The summed E-state index contributed by atoms with van der Waals surface area (Å²) >= 11 is 5.98. The van der Waals surface area contributed by atoms with Crippen LogP contribution in [0.1, 0.15) is 36.8 Å². The maximum atomic E-state index is 11.5. The maximum Gasteiger partial charge on any atom is 0.314 e. The second-order valence-electron chi connectivity index (χ2n) is 4.69. The van der Waals surface area contributed by atoms with Crippen LogP contribution in [0.5, 0.6) is 5.75 Å². The van der Waals surface area contributed by atoms with Gasteiger partial charge >= 0.3 is 5.97 Å². The van der Waals surface area contributed by atoms with E-state index in [2.05, 4.69) is 0 Å². The molecule has 0 bridgehead atoms. The standard InChI is InChI=1S/C13H15ClO3/c1-8-4-5-9(11(15)10(8)14)13(12(16)17)6-2-3-7-13/h4-5,15H,2-3,6-7H2,1H3,(H,16,17). The van der Waals surface area contributed by atoms with Crippen LogP contribution in [0.15, 0.2) is 12.1 Å². The van der Waals surface area contributed by atoms with Crippen molar-refractivity contribution >= 4 is 17.6 Å². The Bertz CT molecular complexity index is 462. The largest absolute Gasteiger partial charge is 0.506 e. The number of phenolic OH excluding ortho intramolecular Hbond substituents is 1. The number of hydrogen-bond acceptors (Lipinski definition) is 2. The smallest absolute Gasteiger partial charge is 0.314 e. The van der Waals surface area contributed by atoms with E-state index in [4.69, 9.17) is 11.6 Å². The van der Waals surface area contributed by atoms with Gasteiger partial charge in [-0.2, -0.15) is 0 Å². The molecule has 1 saturated carbocycles. The van der Waals surface area contributed by atoms with E-state index >= 15 is 0 Å². The zero-order chi connectivity index (χ0) is 12.6. The molecule has 0 aliphatic heterocycles. The van der Waals surface area contributed by atoms with Gasteiger partial charge in [-0.25, -0.2) is 0 Å². The molecule has 0 unspecified atom stereocenters. The van der Waals surface area contributed by atoms with E-state index in [1.807, 2.05) is 0 Å². The second-order valence-corrected chi connectivity index (χ2v) is 5.06. The summed E-state index contributed by atoms with van der Waals surface area (Å²) in [5, 5.41) is 19.8. The molecular formula is C13H15ClO3. The highest BCUT2D eigenvalue weighted by molar-refractivity contribution is 6.33. The van der Waals surface area contributed by atoms with E-state index in [9.17, 15) is 15.0 Å². The first-order chi connectivity index (χ1) is 7.99. The van der Waals surface area contributed by atoms with Crippen LogP contribution in [0, 0.1) is 6.92 Å². The van der Waals surface area contributed by atoms with Crippen molar-refractivity contribution < 1.29 is 15.0 Å². The second kappa shape index (κ2) is 4.22. The number of rotatable bonds is 2. The van der Waals surface area contributed by atoms with Crippen LogP contribution in [0.3, 0.4) is 0 Å². The minimum Gasteiger partial charge on any atom is -0.506 e. The maximum absolute atomic E-state index is 11.5. The molecule has 1 aliphatic carbocycles. The number of aryl methyl sites for hydroxylation is 1. The molecule has 1 aliphatic rings. The van der Waals surface area contributed by atoms with Crippen LogP contribution in [0.4, 0.5) is 0 Å². The van der Waals surface area contributed by atoms with Gasteiger partial charge in [-0.1, -0.05) is 36.6 Å². The number of halogens is 1. The number of aromatic hydroxyl groups is 1. The fourth-order valence-corrected chi connectivity index (χ4v) is 2.79. The summed E-state index contributed by atoms with van der Waals surface area (Å²) in [6, 6.07) is 3.45. The van der Waals surface area contributed by atoms with Crippen LogP contribution >= 0.6 is 11.6 Å². The molecule has 0 aromatic heterocycles. The lowest BCUT2D eigenvalue weighted by molar-refractivity contribution is -0.143. The molecule has 92 valence electrons. The van der Waals surface area contributed by atoms with Crippen molar-refractivity contribution in [2.45, 2.75) is 38.0 Å². The molecule has 0 spiro atoms. The fourth-order valence-electron chi connectivity index (χ4n) is 2.63.